The highest BCUT2D eigenvalue weighted by Gasteiger charge is 2.32. The largest absolute Gasteiger partial charge is 0.456 e. The third kappa shape index (κ3) is 4.70. The van der Waals surface area contributed by atoms with Crippen LogP contribution in [-0.4, -0.2) is 67.2 Å². The first-order valence-corrected chi connectivity index (χ1v) is 8.80. The first-order valence-electron chi connectivity index (χ1n) is 8.80. The van der Waals surface area contributed by atoms with Gasteiger partial charge in [-0.3, -0.25) is 19.3 Å². The number of rotatable bonds is 8. The molecule has 0 saturated carbocycles. The van der Waals surface area contributed by atoms with E-state index in [1.54, 1.807) is 18.2 Å². The van der Waals surface area contributed by atoms with Gasteiger partial charge in [0.1, 0.15) is 6.54 Å². The van der Waals surface area contributed by atoms with Crippen molar-refractivity contribution >= 4 is 23.8 Å². The van der Waals surface area contributed by atoms with Crippen LogP contribution in [0.2, 0.25) is 0 Å². The lowest BCUT2D eigenvalue weighted by Crippen LogP contribution is -2.33. The van der Waals surface area contributed by atoms with E-state index in [4.69, 9.17) is 14.2 Å². The Balaban J connectivity index is 1.31. The van der Waals surface area contributed by atoms with Crippen molar-refractivity contribution < 1.29 is 33.4 Å². The summed E-state index contributed by atoms with van der Waals surface area (Å²) in [6.45, 7) is 0.242. The second-order valence-electron chi connectivity index (χ2n) is 6.41. The van der Waals surface area contributed by atoms with Crippen molar-refractivity contribution in [3.05, 3.63) is 23.8 Å². The Kier molecular flexibility index (Phi) is 5.97. The molecule has 1 saturated heterocycles. The molecule has 150 valence electrons. The predicted octanol–water partition coefficient (Wildman–Crippen LogP) is 0.249. The number of hydrogen-bond acceptors (Lipinski definition) is 7. The number of nitrogens with zero attached hydrogens (tertiary/aromatic N) is 2. The molecule has 2 heterocycles. The van der Waals surface area contributed by atoms with Crippen LogP contribution >= 0.6 is 0 Å². The van der Waals surface area contributed by atoms with Crippen molar-refractivity contribution in [1.29, 1.82) is 0 Å². The monoisotopic (exact) mass is 391 g/mol. The minimum atomic E-state index is -0.564. The number of imide groups is 1. The van der Waals surface area contributed by atoms with Crippen molar-refractivity contribution in [3.63, 3.8) is 0 Å². The molecule has 10 heteroatoms. The van der Waals surface area contributed by atoms with E-state index in [1.165, 1.54) is 11.9 Å². The van der Waals surface area contributed by atoms with Crippen LogP contribution in [0.15, 0.2) is 18.2 Å². The third-order valence-corrected chi connectivity index (χ3v) is 4.28. The lowest BCUT2D eigenvalue weighted by molar-refractivity contribution is -0.148. The summed E-state index contributed by atoms with van der Waals surface area (Å²) in [5.74, 6) is -0.000648. The van der Waals surface area contributed by atoms with Gasteiger partial charge in [-0.2, -0.15) is 0 Å². The van der Waals surface area contributed by atoms with E-state index in [0.29, 0.717) is 11.5 Å². The highest BCUT2D eigenvalue weighted by molar-refractivity contribution is 6.01. The van der Waals surface area contributed by atoms with Crippen LogP contribution in [0.25, 0.3) is 0 Å². The average Bonchev–Trinajstić information content (AvgIpc) is 3.23. The molecule has 0 aromatic heterocycles. The fraction of sp³-hybridized carbons (Fsp3) is 0.444. The normalized spacial score (nSPS) is 15.2. The van der Waals surface area contributed by atoms with Gasteiger partial charge in [0, 0.05) is 26.6 Å². The summed E-state index contributed by atoms with van der Waals surface area (Å²) >= 11 is 0. The minimum Gasteiger partial charge on any atom is -0.456 e. The summed E-state index contributed by atoms with van der Waals surface area (Å²) < 4.78 is 15.4. The van der Waals surface area contributed by atoms with Gasteiger partial charge in [0.05, 0.1) is 0 Å². The van der Waals surface area contributed by atoms with E-state index >= 15 is 0 Å². The number of hydrogen-bond donors (Lipinski definition) is 1. The van der Waals surface area contributed by atoms with Gasteiger partial charge in [0.15, 0.2) is 18.1 Å². The Morgan fingerprint density at radius 1 is 1.21 bits per heavy atom. The van der Waals surface area contributed by atoms with Crippen LogP contribution in [-0.2, 0) is 25.7 Å². The lowest BCUT2D eigenvalue weighted by Gasteiger charge is -2.13. The molecular formula is C18H21N3O7. The van der Waals surface area contributed by atoms with Crippen molar-refractivity contribution in [2.45, 2.75) is 19.4 Å². The molecule has 1 N–H and O–H groups in total. The molecule has 3 rings (SSSR count). The number of urea groups is 1. The number of ether oxygens (including phenoxy) is 3. The highest BCUT2D eigenvalue weighted by Crippen LogP contribution is 2.32. The summed E-state index contributed by atoms with van der Waals surface area (Å²) in [7, 11) is 1.54. The maximum atomic E-state index is 11.8. The Morgan fingerprint density at radius 2 is 2.00 bits per heavy atom. The molecule has 2 aliphatic rings. The number of carbonyl (C=O) groups is 4. The van der Waals surface area contributed by atoms with E-state index in [-0.39, 0.29) is 51.2 Å². The lowest BCUT2D eigenvalue weighted by atomic mass is 10.2. The number of fused-ring (bicyclic) bond motifs is 1. The molecule has 1 fully saturated rings. The quantitative estimate of drug-likeness (QED) is 0.499. The summed E-state index contributed by atoms with van der Waals surface area (Å²) in [6.07, 6.45) is 0.291. The molecule has 4 amide bonds. The molecule has 1 aromatic carbocycles. The summed E-state index contributed by atoms with van der Waals surface area (Å²) in [6, 6.07) is 4.96. The number of likely N-dealkylation sites (N-methyl/N-ethyl adjacent to an activating group) is 1. The molecule has 0 radical (unpaired) electrons. The van der Waals surface area contributed by atoms with E-state index in [0.717, 1.165) is 10.5 Å². The molecule has 0 aliphatic carbocycles. The zero-order chi connectivity index (χ0) is 20.1. The standard InChI is InChI=1S/C18H21N3O7/c1-20-9-16(23)21(18(20)25)6-2-3-17(24)26-10-15(22)19-8-12-4-5-13-14(7-12)28-11-27-13/h4-5,7H,2-3,6,8-11H2,1H3,(H,19,22). The molecule has 0 unspecified atom stereocenters. The Hall–Kier alpha value is -3.30. The highest BCUT2D eigenvalue weighted by atomic mass is 16.7. The average molecular weight is 391 g/mol. The number of esters is 1. The molecule has 28 heavy (non-hydrogen) atoms. The molecular weight excluding hydrogens is 370 g/mol. The summed E-state index contributed by atoms with van der Waals surface area (Å²) in [5.41, 5.74) is 0.828. The predicted molar refractivity (Wildman–Crippen MR) is 94.3 cm³/mol. The zero-order valence-corrected chi connectivity index (χ0v) is 15.4. The molecule has 1 aromatic rings. The topological polar surface area (TPSA) is 114 Å². The number of nitrogens with one attached hydrogen (secondary N) is 1. The smallest absolute Gasteiger partial charge is 0.326 e. The van der Waals surface area contributed by atoms with Gasteiger partial charge < -0.3 is 24.4 Å². The van der Waals surface area contributed by atoms with Gasteiger partial charge in [-0.05, 0) is 24.1 Å². The SMILES string of the molecule is CN1CC(=O)N(CCCC(=O)OCC(=O)NCc2ccc3c(c2)OCO3)C1=O. The Bertz CT molecular complexity index is 795. The Labute approximate surface area is 161 Å². The van der Waals surface area contributed by atoms with Crippen molar-refractivity contribution in [1.82, 2.24) is 15.1 Å². The van der Waals surface area contributed by atoms with Crippen LogP contribution in [0.4, 0.5) is 4.79 Å². The van der Waals surface area contributed by atoms with Gasteiger partial charge in [-0.25, -0.2) is 4.79 Å². The fourth-order valence-electron chi connectivity index (χ4n) is 2.79. The molecule has 10 nitrogen and oxygen atoms in total. The third-order valence-electron chi connectivity index (χ3n) is 4.28. The van der Waals surface area contributed by atoms with Crippen LogP contribution in [0.1, 0.15) is 18.4 Å². The van der Waals surface area contributed by atoms with Crippen LogP contribution < -0.4 is 14.8 Å². The van der Waals surface area contributed by atoms with Gasteiger partial charge in [0.2, 0.25) is 12.7 Å². The maximum Gasteiger partial charge on any atom is 0.326 e. The van der Waals surface area contributed by atoms with E-state index < -0.39 is 18.5 Å². The van der Waals surface area contributed by atoms with Gasteiger partial charge in [-0.15, -0.1) is 0 Å². The van der Waals surface area contributed by atoms with Crippen molar-refractivity contribution in [2.75, 3.05) is 33.5 Å². The van der Waals surface area contributed by atoms with Gasteiger partial charge >= 0.3 is 12.0 Å². The first-order chi connectivity index (χ1) is 13.4. The molecule has 0 atom stereocenters. The second-order valence-corrected chi connectivity index (χ2v) is 6.41. The molecule has 0 bridgehead atoms. The molecule has 0 spiro atoms. The first kappa shape index (κ1) is 19.5. The zero-order valence-electron chi connectivity index (χ0n) is 15.4. The maximum absolute atomic E-state index is 11.8. The molecule has 2 aliphatic heterocycles. The van der Waals surface area contributed by atoms with Gasteiger partial charge in [-0.1, -0.05) is 6.07 Å². The van der Waals surface area contributed by atoms with Crippen molar-refractivity contribution in [3.8, 4) is 11.5 Å². The van der Waals surface area contributed by atoms with Crippen molar-refractivity contribution in [2.24, 2.45) is 0 Å². The van der Waals surface area contributed by atoms with Crippen LogP contribution in [0.3, 0.4) is 0 Å². The second kappa shape index (κ2) is 8.59. The van der Waals surface area contributed by atoms with Gasteiger partial charge in [0.25, 0.3) is 5.91 Å². The number of benzene rings is 1. The summed E-state index contributed by atoms with van der Waals surface area (Å²) in [4.78, 5) is 49.3. The van der Waals surface area contributed by atoms with E-state index in [2.05, 4.69) is 5.32 Å². The number of carbonyl (C=O) groups excluding carboxylic acids is 4. The summed E-state index contributed by atoms with van der Waals surface area (Å²) in [5, 5.41) is 2.65. The van der Waals surface area contributed by atoms with E-state index in [1.807, 2.05) is 0 Å². The number of amides is 4. The Morgan fingerprint density at radius 3 is 2.75 bits per heavy atom. The van der Waals surface area contributed by atoms with Crippen LogP contribution in [0.5, 0.6) is 11.5 Å². The van der Waals surface area contributed by atoms with E-state index in [9.17, 15) is 19.2 Å². The fourth-order valence-corrected chi connectivity index (χ4v) is 2.79. The van der Waals surface area contributed by atoms with Crippen LogP contribution in [0, 0.1) is 0 Å². The minimum absolute atomic E-state index is 0.0101.